The minimum absolute atomic E-state index is 0.461. The molecule has 0 radical (unpaired) electrons. The first kappa shape index (κ1) is 16.5. The summed E-state index contributed by atoms with van der Waals surface area (Å²) in [6, 6.07) is 5.46. The SMILES string of the molecule is CC(C)(C)OC(=O)[C@H](N=[N+]=[N-])[C@H](O)c1cccc(Br)c1. The fraction of sp³-hybridized carbons (Fsp3) is 0.462. The van der Waals surface area contributed by atoms with Gasteiger partial charge in [-0.15, -0.1) is 0 Å². The van der Waals surface area contributed by atoms with Crippen molar-refractivity contribution in [3.8, 4) is 0 Å². The summed E-state index contributed by atoms with van der Waals surface area (Å²) in [4.78, 5) is 14.6. The molecule has 1 aromatic rings. The van der Waals surface area contributed by atoms with Gasteiger partial charge in [0.1, 0.15) is 5.60 Å². The van der Waals surface area contributed by atoms with E-state index in [0.717, 1.165) is 4.47 Å². The fourth-order valence-electron chi connectivity index (χ4n) is 1.53. The Balaban J connectivity index is 3.02. The zero-order chi connectivity index (χ0) is 15.3. The molecule has 2 atom stereocenters. The van der Waals surface area contributed by atoms with Crippen LogP contribution in [0.2, 0.25) is 0 Å². The monoisotopic (exact) mass is 341 g/mol. The lowest BCUT2D eigenvalue weighted by Crippen LogP contribution is -2.34. The smallest absolute Gasteiger partial charge is 0.318 e. The highest BCUT2D eigenvalue weighted by atomic mass is 79.9. The number of aliphatic hydroxyl groups excluding tert-OH is 1. The average molecular weight is 342 g/mol. The van der Waals surface area contributed by atoms with Crippen LogP contribution in [0.5, 0.6) is 0 Å². The summed E-state index contributed by atoms with van der Waals surface area (Å²) >= 11 is 3.27. The Kier molecular flexibility index (Phi) is 5.56. The molecule has 0 saturated carbocycles. The number of hydrogen-bond acceptors (Lipinski definition) is 4. The molecule has 0 aliphatic rings. The van der Waals surface area contributed by atoms with Crippen LogP contribution in [0.3, 0.4) is 0 Å². The van der Waals surface area contributed by atoms with Crippen molar-refractivity contribution in [2.24, 2.45) is 5.11 Å². The number of carbonyl (C=O) groups is 1. The van der Waals surface area contributed by atoms with Crippen molar-refractivity contribution in [1.82, 2.24) is 0 Å². The topological polar surface area (TPSA) is 95.3 Å². The van der Waals surface area contributed by atoms with E-state index < -0.39 is 23.7 Å². The second kappa shape index (κ2) is 6.74. The van der Waals surface area contributed by atoms with Crippen LogP contribution in [0.1, 0.15) is 32.4 Å². The lowest BCUT2D eigenvalue weighted by atomic mass is 10.0. The van der Waals surface area contributed by atoms with Gasteiger partial charge in [-0.2, -0.15) is 0 Å². The van der Waals surface area contributed by atoms with Gasteiger partial charge in [0, 0.05) is 9.38 Å². The van der Waals surface area contributed by atoms with Gasteiger partial charge in [0.25, 0.3) is 0 Å². The van der Waals surface area contributed by atoms with Crippen LogP contribution in [0, 0.1) is 0 Å². The number of hydrogen-bond donors (Lipinski definition) is 1. The largest absolute Gasteiger partial charge is 0.460 e. The molecule has 6 nitrogen and oxygen atoms in total. The van der Waals surface area contributed by atoms with Crippen molar-refractivity contribution < 1.29 is 14.6 Å². The van der Waals surface area contributed by atoms with Crippen LogP contribution in [0.25, 0.3) is 10.4 Å². The Hall–Kier alpha value is -1.56. The lowest BCUT2D eigenvalue weighted by Gasteiger charge is -2.24. The fourth-order valence-corrected chi connectivity index (χ4v) is 1.95. The third kappa shape index (κ3) is 4.85. The lowest BCUT2D eigenvalue weighted by molar-refractivity contribution is -0.159. The van der Waals surface area contributed by atoms with Gasteiger partial charge < -0.3 is 9.84 Å². The number of nitrogens with zero attached hydrogens (tertiary/aromatic N) is 3. The molecule has 1 N–H and O–H groups in total. The molecule has 0 amide bonds. The summed E-state index contributed by atoms with van der Waals surface area (Å²) in [5.74, 6) is -0.761. The minimum Gasteiger partial charge on any atom is -0.460 e. The van der Waals surface area contributed by atoms with Gasteiger partial charge in [0.15, 0.2) is 6.04 Å². The molecule has 108 valence electrons. The molecule has 1 rings (SSSR count). The maximum Gasteiger partial charge on any atom is 0.318 e. The third-order valence-corrected chi connectivity index (χ3v) is 2.81. The number of halogens is 1. The maximum atomic E-state index is 12.0. The molecule has 0 aromatic heterocycles. The first-order valence-electron chi connectivity index (χ1n) is 5.95. The Morgan fingerprint density at radius 1 is 1.50 bits per heavy atom. The van der Waals surface area contributed by atoms with Crippen molar-refractivity contribution in [3.63, 3.8) is 0 Å². The Labute approximate surface area is 125 Å². The summed E-state index contributed by atoms with van der Waals surface area (Å²) < 4.78 is 5.90. The number of rotatable bonds is 4. The highest BCUT2D eigenvalue weighted by Gasteiger charge is 2.31. The maximum absolute atomic E-state index is 12.0. The van der Waals surface area contributed by atoms with E-state index in [2.05, 4.69) is 26.0 Å². The van der Waals surface area contributed by atoms with Crippen LogP contribution in [0.15, 0.2) is 33.9 Å². The summed E-state index contributed by atoms with van der Waals surface area (Å²) in [5, 5.41) is 13.6. The quantitative estimate of drug-likeness (QED) is 0.392. The molecule has 0 aliphatic carbocycles. The third-order valence-electron chi connectivity index (χ3n) is 2.31. The van der Waals surface area contributed by atoms with E-state index in [1.807, 2.05) is 0 Å². The number of benzene rings is 1. The molecular formula is C13H16BrN3O3. The summed E-state index contributed by atoms with van der Waals surface area (Å²) in [5.41, 5.74) is 8.30. The Bertz CT molecular complexity index is 536. The zero-order valence-corrected chi connectivity index (χ0v) is 13.0. The second-order valence-corrected chi connectivity index (χ2v) is 6.10. The standard InChI is InChI=1S/C13H16BrN3O3/c1-13(2,3)20-12(19)10(16-17-15)11(18)8-5-4-6-9(14)7-8/h4-7,10-11,18H,1-3H3/t10-,11-/m1/s1. The number of azide groups is 1. The van der Waals surface area contributed by atoms with Gasteiger partial charge in [-0.3, -0.25) is 4.79 Å². The highest BCUT2D eigenvalue weighted by Crippen LogP contribution is 2.24. The van der Waals surface area contributed by atoms with E-state index >= 15 is 0 Å². The molecule has 7 heteroatoms. The normalized spacial score (nSPS) is 14.1. The van der Waals surface area contributed by atoms with E-state index in [1.165, 1.54) is 0 Å². The van der Waals surface area contributed by atoms with Gasteiger partial charge >= 0.3 is 5.97 Å². The molecule has 0 unspecified atom stereocenters. The van der Waals surface area contributed by atoms with Crippen LogP contribution in [0.4, 0.5) is 0 Å². The van der Waals surface area contributed by atoms with E-state index in [9.17, 15) is 9.90 Å². The number of carbonyl (C=O) groups excluding carboxylic acids is 1. The van der Waals surface area contributed by atoms with E-state index in [0.29, 0.717) is 5.56 Å². The van der Waals surface area contributed by atoms with Crippen molar-refractivity contribution in [2.75, 3.05) is 0 Å². The summed E-state index contributed by atoms with van der Waals surface area (Å²) in [6.45, 7) is 5.09. The number of aliphatic hydroxyl groups is 1. The van der Waals surface area contributed by atoms with Gasteiger partial charge in [-0.25, -0.2) is 0 Å². The zero-order valence-electron chi connectivity index (χ0n) is 11.4. The summed E-state index contributed by atoms with van der Waals surface area (Å²) in [6.07, 6.45) is -1.27. The van der Waals surface area contributed by atoms with Crippen LogP contribution in [-0.4, -0.2) is 22.7 Å². The van der Waals surface area contributed by atoms with E-state index in [1.54, 1.807) is 45.0 Å². The van der Waals surface area contributed by atoms with Gasteiger partial charge in [0.2, 0.25) is 0 Å². The van der Waals surface area contributed by atoms with Crippen molar-refractivity contribution in [2.45, 2.75) is 38.5 Å². The summed E-state index contributed by atoms with van der Waals surface area (Å²) in [7, 11) is 0. The molecule has 1 aromatic carbocycles. The first-order chi connectivity index (χ1) is 9.24. The van der Waals surface area contributed by atoms with Crippen molar-refractivity contribution in [1.29, 1.82) is 0 Å². The molecule has 0 heterocycles. The van der Waals surface area contributed by atoms with E-state index in [-0.39, 0.29) is 0 Å². The van der Waals surface area contributed by atoms with Gasteiger partial charge in [-0.1, -0.05) is 33.2 Å². The number of ether oxygens (including phenoxy) is 1. The van der Waals surface area contributed by atoms with Gasteiger partial charge in [-0.05, 0) is 44.0 Å². The molecule has 0 saturated heterocycles. The molecule has 20 heavy (non-hydrogen) atoms. The molecule has 0 bridgehead atoms. The van der Waals surface area contributed by atoms with Crippen LogP contribution >= 0.6 is 15.9 Å². The molecule has 0 spiro atoms. The van der Waals surface area contributed by atoms with Crippen molar-refractivity contribution >= 4 is 21.9 Å². The Morgan fingerprint density at radius 3 is 2.65 bits per heavy atom. The van der Waals surface area contributed by atoms with Gasteiger partial charge in [0.05, 0.1) is 6.10 Å². The second-order valence-electron chi connectivity index (χ2n) is 5.18. The van der Waals surface area contributed by atoms with E-state index in [4.69, 9.17) is 10.3 Å². The predicted octanol–water partition coefficient (Wildman–Crippen LogP) is 3.50. The molecule has 0 fully saturated rings. The molecular weight excluding hydrogens is 326 g/mol. The Morgan fingerprint density at radius 2 is 2.15 bits per heavy atom. The first-order valence-corrected chi connectivity index (χ1v) is 6.74. The van der Waals surface area contributed by atoms with Crippen LogP contribution < -0.4 is 0 Å². The average Bonchev–Trinajstić information content (AvgIpc) is 2.33. The minimum atomic E-state index is -1.33. The predicted molar refractivity (Wildman–Crippen MR) is 77.9 cm³/mol. The number of esters is 1. The van der Waals surface area contributed by atoms with Crippen LogP contribution in [-0.2, 0) is 9.53 Å². The van der Waals surface area contributed by atoms with Crippen molar-refractivity contribution in [3.05, 3.63) is 44.7 Å². The molecule has 0 aliphatic heterocycles. The highest BCUT2D eigenvalue weighted by molar-refractivity contribution is 9.10.